The Morgan fingerprint density at radius 3 is 2.35 bits per heavy atom. The predicted molar refractivity (Wildman–Crippen MR) is 114 cm³/mol. The molecule has 0 fully saturated rings. The van der Waals surface area contributed by atoms with Crippen LogP contribution in [0.3, 0.4) is 0 Å². The highest BCUT2D eigenvalue weighted by Gasteiger charge is 2.35. The topological polar surface area (TPSA) is 132 Å². The summed E-state index contributed by atoms with van der Waals surface area (Å²) < 4.78 is 49.3. The Bertz CT molecular complexity index is 1260. The molecular weight excluding hydrogens is 479 g/mol. The maximum atomic E-state index is 13.3. The number of nitrogens with zero attached hydrogens (tertiary/aromatic N) is 3. The van der Waals surface area contributed by atoms with Crippen LogP contribution >= 0.6 is 11.3 Å². The monoisotopic (exact) mass is 495 g/mol. The zero-order valence-corrected chi connectivity index (χ0v) is 18.6. The number of pyridine rings is 2. The second kappa shape index (κ2) is 9.82. The summed E-state index contributed by atoms with van der Waals surface area (Å²) >= 11 is 0.622. The highest BCUT2D eigenvalue weighted by atomic mass is 32.1. The first-order chi connectivity index (χ1) is 16.1. The Morgan fingerprint density at radius 1 is 1.06 bits per heavy atom. The molecule has 3 rings (SSSR count). The van der Waals surface area contributed by atoms with Gasteiger partial charge >= 0.3 is 24.1 Å². The van der Waals surface area contributed by atoms with Gasteiger partial charge in [0, 0.05) is 47.7 Å². The van der Waals surface area contributed by atoms with Crippen LogP contribution in [-0.2, 0) is 15.7 Å². The van der Waals surface area contributed by atoms with E-state index in [2.05, 4.69) is 30.3 Å². The number of amides is 2. The molecule has 0 atom stereocenters. The summed E-state index contributed by atoms with van der Waals surface area (Å²) in [6, 6.07) is 0.630. The van der Waals surface area contributed by atoms with E-state index in [1.807, 2.05) is 0 Å². The zero-order valence-electron chi connectivity index (χ0n) is 17.8. The van der Waals surface area contributed by atoms with Crippen LogP contribution in [0.5, 0.6) is 0 Å². The molecule has 178 valence electrons. The van der Waals surface area contributed by atoms with E-state index in [0.29, 0.717) is 11.3 Å². The average Bonchev–Trinajstić information content (AvgIpc) is 3.33. The van der Waals surface area contributed by atoms with E-state index in [4.69, 9.17) is 4.74 Å². The summed E-state index contributed by atoms with van der Waals surface area (Å²) in [5, 5.41) is 5.22. The first-order valence-electron chi connectivity index (χ1n) is 9.27. The van der Waals surface area contributed by atoms with Crippen LogP contribution in [0.2, 0.25) is 0 Å². The van der Waals surface area contributed by atoms with Gasteiger partial charge in [0.15, 0.2) is 5.69 Å². The number of rotatable bonds is 5. The van der Waals surface area contributed by atoms with Crippen molar-refractivity contribution in [2.45, 2.75) is 6.18 Å². The number of esters is 2. The molecule has 0 saturated carbocycles. The van der Waals surface area contributed by atoms with Gasteiger partial charge in [0.05, 0.1) is 19.8 Å². The van der Waals surface area contributed by atoms with Crippen molar-refractivity contribution in [3.8, 4) is 21.7 Å². The SMILES string of the molecule is CNC(=O)Nc1ncc(-c2cncc(C(=O)OC)c2)c(-c2nc(C(F)(F)F)cs2)c1C(=O)OC. The summed E-state index contributed by atoms with van der Waals surface area (Å²) in [4.78, 5) is 48.3. The lowest BCUT2D eigenvalue weighted by atomic mass is 9.97. The Labute approximate surface area is 194 Å². The Morgan fingerprint density at radius 2 is 1.76 bits per heavy atom. The number of hydrogen-bond donors (Lipinski definition) is 2. The van der Waals surface area contributed by atoms with Gasteiger partial charge in [0.25, 0.3) is 0 Å². The molecule has 0 radical (unpaired) electrons. The summed E-state index contributed by atoms with van der Waals surface area (Å²) in [5.74, 6) is -1.97. The second-order valence-corrected chi connectivity index (χ2v) is 7.31. The molecule has 34 heavy (non-hydrogen) atoms. The van der Waals surface area contributed by atoms with Crippen LogP contribution in [0, 0.1) is 0 Å². The van der Waals surface area contributed by atoms with E-state index < -0.39 is 29.8 Å². The fourth-order valence-electron chi connectivity index (χ4n) is 2.85. The first-order valence-corrected chi connectivity index (χ1v) is 10.2. The number of anilines is 1. The molecule has 0 bridgehead atoms. The number of methoxy groups -OCH3 is 2. The largest absolute Gasteiger partial charge is 0.465 e. The Hall–Kier alpha value is -4.07. The fourth-order valence-corrected chi connectivity index (χ4v) is 3.74. The summed E-state index contributed by atoms with van der Waals surface area (Å²) in [7, 11) is 3.55. The van der Waals surface area contributed by atoms with Crippen molar-refractivity contribution < 1.29 is 37.0 Å². The van der Waals surface area contributed by atoms with Gasteiger partial charge in [-0.2, -0.15) is 13.2 Å². The minimum absolute atomic E-state index is 0.0493. The van der Waals surface area contributed by atoms with Gasteiger partial charge in [-0.15, -0.1) is 11.3 Å². The molecule has 0 aromatic carbocycles. The van der Waals surface area contributed by atoms with Gasteiger partial charge in [-0.25, -0.2) is 24.4 Å². The highest BCUT2D eigenvalue weighted by Crippen LogP contribution is 2.41. The van der Waals surface area contributed by atoms with Gasteiger partial charge in [-0.1, -0.05) is 0 Å². The van der Waals surface area contributed by atoms with Gasteiger partial charge in [-0.3, -0.25) is 10.3 Å². The molecule has 0 spiro atoms. The standard InChI is InChI=1S/C20H16F3N5O5S/c1-24-19(31)28-15-14(18(30)33-3)13(16-27-12(8-34-16)20(21,22)23)11(7-26-15)9-4-10(6-25-5-9)17(29)32-2/h4-8H,1-3H3,(H2,24,26,28,31). The van der Waals surface area contributed by atoms with Crippen molar-refractivity contribution in [2.24, 2.45) is 0 Å². The number of ether oxygens (including phenoxy) is 2. The lowest BCUT2D eigenvalue weighted by Gasteiger charge is -2.16. The van der Waals surface area contributed by atoms with Crippen molar-refractivity contribution in [2.75, 3.05) is 26.6 Å². The number of nitrogens with one attached hydrogen (secondary N) is 2. The predicted octanol–water partition coefficient (Wildman–Crippen LogP) is 3.61. The van der Waals surface area contributed by atoms with Crippen LogP contribution < -0.4 is 10.6 Å². The van der Waals surface area contributed by atoms with Crippen molar-refractivity contribution in [1.82, 2.24) is 20.3 Å². The third-order valence-electron chi connectivity index (χ3n) is 4.41. The van der Waals surface area contributed by atoms with E-state index in [0.717, 1.165) is 12.5 Å². The van der Waals surface area contributed by atoms with E-state index >= 15 is 0 Å². The number of hydrogen-bond acceptors (Lipinski definition) is 9. The van der Waals surface area contributed by atoms with E-state index in [9.17, 15) is 27.6 Å². The average molecular weight is 495 g/mol. The van der Waals surface area contributed by atoms with Crippen LogP contribution in [0.15, 0.2) is 30.0 Å². The number of alkyl halides is 3. The van der Waals surface area contributed by atoms with Crippen molar-refractivity contribution >= 4 is 35.1 Å². The molecular formula is C20H16F3N5O5S. The molecule has 0 aliphatic rings. The molecule has 0 aliphatic carbocycles. The zero-order chi connectivity index (χ0) is 25.0. The number of carbonyl (C=O) groups excluding carboxylic acids is 3. The fraction of sp³-hybridized carbons (Fsp3) is 0.200. The molecule has 0 aliphatic heterocycles. The lowest BCUT2D eigenvalue weighted by molar-refractivity contribution is -0.140. The molecule has 3 aromatic heterocycles. The van der Waals surface area contributed by atoms with E-state index in [1.165, 1.54) is 38.8 Å². The quantitative estimate of drug-likeness (QED) is 0.513. The van der Waals surface area contributed by atoms with Gasteiger partial charge in [0.2, 0.25) is 0 Å². The number of thiazole rings is 1. The maximum Gasteiger partial charge on any atom is 0.434 e. The van der Waals surface area contributed by atoms with E-state index in [1.54, 1.807) is 0 Å². The van der Waals surface area contributed by atoms with Crippen molar-refractivity contribution in [3.05, 3.63) is 46.9 Å². The number of aromatic nitrogens is 3. The minimum atomic E-state index is -4.73. The maximum absolute atomic E-state index is 13.3. The molecule has 2 N–H and O–H groups in total. The molecule has 0 unspecified atom stereocenters. The Kier molecular flexibility index (Phi) is 7.10. The third kappa shape index (κ3) is 4.96. The summed E-state index contributed by atoms with van der Waals surface area (Å²) in [6.45, 7) is 0. The van der Waals surface area contributed by atoms with Gasteiger partial charge < -0.3 is 14.8 Å². The lowest BCUT2D eigenvalue weighted by Crippen LogP contribution is -2.26. The summed E-state index contributed by atoms with van der Waals surface area (Å²) in [5.41, 5.74) is -1.22. The van der Waals surface area contributed by atoms with Crippen LogP contribution in [0.25, 0.3) is 21.7 Å². The number of halogens is 3. The van der Waals surface area contributed by atoms with Crippen molar-refractivity contribution in [3.63, 3.8) is 0 Å². The highest BCUT2D eigenvalue weighted by molar-refractivity contribution is 7.13. The molecule has 2 amide bonds. The van der Waals surface area contributed by atoms with Crippen LogP contribution in [0.4, 0.5) is 23.8 Å². The smallest absolute Gasteiger partial charge is 0.434 e. The molecule has 0 saturated heterocycles. The van der Waals surface area contributed by atoms with Gasteiger partial charge in [0.1, 0.15) is 16.4 Å². The van der Waals surface area contributed by atoms with Crippen LogP contribution in [0.1, 0.15) is 26.4 Å². The molecule has 14 heteroatoms. The van der Waals surface area contributed by atoms with Crippen molar-refractivity contribution in [1.29, 1.82) is 0 Å². The molecule has 3 aromatic rings. The third-order valence-corrected chi connectivity index (χ3v) is 5.27. The number of carbonyl (C=O) groups is 3. The molecule has 3 heterocycles. The number of urea groups is 1. The minimum Gasteiger partial charge on any atom is -0.465 e. The Balaban J connectivity index is 2.36. The summed E-state index contributed by atoms with van der Waals surface area (Å²) in [6.07, 6.45) is -0.975. The van der Waals surface area contributed by atoms with Gasteiger partial charge in [-0.05, 0) is 6.07 Å². The second-order valence-electron chi connectivity index (χ2n) is 6.46. The van der Waals surface area contributed by atoms with Crippen LogP contribution in [-0.4, -0.2) is 54.2 Å². The van der Waals surface area contributed by atoms with E-state index in [-0.39, 0.29) is 38.6 Å². The first kappa shape index (κ1) is 24.6. The molecule has 10 nitrogen and oxygen atoms in total. The normalized spacial score (nSPS) is 11.0.